The first-order chi connectivity index (χ1) is 21.0. The number of hydrogen-bond donors (Lipinski definition) is 5. The molecule has 2 saturated heterocycles. The molecular weight excluding hydrogens is 586 g/mol. The Hall–Kier alpha value is -3.55. The molecule has 2 amide bonds. The minimum absolute atomic E-state index is 0.0286. The van der Waals surface area contributed by atoms with E-state index >= 15 is 0 Å². The number of likely N-dealkylation sites (tertiary alicyclic amines) is 2. The van der Waals surface area contributed by atoms with Crippen LogP contribution >= 0.6 is 0 Å². The zero-order valence-corrected chi connectivity index (χ0v) is 26.3. The summed E-state index contributed by atoms with van der Waals surface area (Å²) in [6.45, 7) is 5.69. The van der Waals surface area contributed by atoms with Gasteiger partial charge in [0.25, 0.3) is 0 Å². The molecule has 2 aromatic rings. The van der Waals surface area contributed by atoms with Gasteiger partial charge < -0.3 is 35.4 Å². The number of phenols is 1. The fraction of sp³-hybridized carbons (Fsp3) is 0.548. The lowest BCUT2D eigenvalue weighted by atomic mass is 9.97. The predicted molar refractivity (Wildman–Crippen MR) is 169 cm³/mol. The van der Waals surface area contributed by atoms with Crippen LogP contribution in [0.1, 0.15) is 49.8 Å². The van der Waals surface area contributed by atoms with Gasteiger partial charge in [-0.25, -0.2) is 13.2 Å². The van der Waals surface area contributed by atoms with Gasteiger partial charge in [0, 0.05) is 44.5 Å². The van der Waals surface area contributed by atoms with Gasteiger partial charge in [-0.15, -0.1) is 0 Å². The van der Waals surface area contributed by atoms with Crippen LogP contribution < -0.4 is 15.4 Å². The van der Waals surface area contributed by atoms with Gasteiger partial charge in [0.05, 0.1) is 30.6 Å². The van der Waals surface area contributed by atoms with Gasteiger partial charge in [0.1, 0.15) is 5.75 Å². The fourth-order valence-corrected chi connectivity index (χ4v) is 6.18. The molecule has 0 radical (unpaired) electrons. The molecule has 0 saturated carbocycles. The Balaban J connectivity index is 1.14. The first kappa shape index (κ1) is 33.3. The molecule has 0 aromatic heterocycles. The number of anilines is 2. The van der Waals surface area contributed by atoms with Crippen molar-refractivity contribution in [2.45, 2.75) is 51.2 Å². The number of amides is 2. The van der Waals surface area contributed by atoms with E-state index in [4.69, 9.17) is 4.74 Å². The van der Waals surface area contributed by atoms with E-state index in [1.807, 2.05) is 16.7 Å². The summed E-state index contributed by atoms with van der Waals surface area (Å²) in [5.41, 5.74) is 2.70. The third-order valence-electron chi connectivity index (χ3n) is 8.10. The van der Waals surface area contributed by atoms with Gasteiger partial charge in [-0.1, -0.05) is 18.2 Å². The molecule has 2 heterocycles. The standard InChI is InChI=1S/C31H45N5O7S/c1-3-43-30(39)23-11-16-35(17-12-23)31(40)36-18-13-26(14-19-36)33-25-7-4-22(5-8-25)10-15-32-21-29(38)24-6-9-28(37)27(20-24)34-44(2,41)42/h4-9,20,23,26,29,32-34,37-38H,3,10-19,21H2,1-2H3/t29-/m1/s1. The fourth-order valence-electron chi connectivity index (χ4n) is 5.62. The second-order valence-corrected chi connectivity index (χ2v) is 13.3. The first-order valence-corrected chi connectivity index (χ1v) is 17.2. The van der Waals surface area contributed by atoms with E-state index in [0.717, 1.165) is 36.8 Å². The molecule has 5 N–H and O–H groups in total. The number of carbonyl (C=O) groups excluding carboxylic acids is 2. The maximum absolute atomic E-state index is 13.0. The van der Waals surface area contributed by atoms with Crippen molar-refractivity contribution in [3.8, 4) is 5.75 Å². The number of phenolic OH excluding ortho intramolecular Hbond substituents is 1. The maximum atomic E-state index is 13.0. The second-order valence-electron chi connectivity index (χ2n) is 11.5. The molecule has 2 aromatic carbocycles. The summed E-state index contributed by atoms with van der Waals surface area (Å²) < 4.78 is 30.4. The molecule has 0 unspecified atom stereocenters. The smallest absolute Gasteiger partial charge is 0.320 e. The van der Waals surface area contributed by atoms with Crippen molar-refractivity contribution in [1.29, 1.82) is 0 Å². The summed E-state index contributed by atoms with van der Waals surface area (Å²) in [5, 5.41) is 27.2. The number of urea groups is 1. The highest BCUT2D eigenvalue weighted by molar-refractivity contribution is 7.92. The van der Waals surface area contributed by atoms with Crippen molar-refractivity contribution < 1.29 is 33.0 Å². The van der Waals surface area contributed by atoms with Crippen LogP contribution in [0.25, 0.3) is 0 Å². The van der Waals surface area contributed by atoms with Gasteiger partial charge in [0.15, 0.2) is 0 Å². The Bertz CT molecular complexity index is 1360. The number of sulfonamides is 1. The molecule has 2 aliphatic heterocycles. The topological polar surface area (TPSA) is 161 Å². The summed E-state index contributed by atoms with van der Waals surface area (Å²) in [5.74, 6) is -0.469. The Labute approximate surface area is 259 Å². The number of aromatic hydroxyl groups is 1. The SMILES string of the molecule is CCOC(=O)C1CCN(C(=O)N2CCC(Nc3ccc(CCNC[C@@H](O)c4ccc(O)c(NS(C)(=O)=O)c4)cc3)CC2)CC1. The Kier molecular flexibility index (Phi) is 11.7. The van der Waals surface area contributed by atoms with Crippen molar-refractivity contribution in [2.24, 2.45) is 5.92 Å². The minimum atomic E-state index is -3.56. The highest BCUT2D eigenvalue weighted by Crippen LogP contribution is 2.28. The highest BCUT2D eigenvalue weighted by atomic mass is 32.2. The van der Waals surface area contributed by atoms with Crippen LogP contribution in [0.2, 0.25) is 0 Å². The summed E-state index contributed by atoms with van der Waals surface area (Å²) >= 11 is 0. The summed E-state index contributed by atoms with van der Waals surface area (Å²) in [6, 6.07) is 12.9. The van der Waals surface area contributed by atoms with Gasteiger partial charge in [0.2, 0.25) is 10.0 Å². The number of hydrogen-bond acceptors (Lipinski definition) is 9. The van der Waals surface area contributed by atoms with Crippen LogP contribution in [0.15, 0.2) is 42.5 Å². The van der Waals surface area contributed by atoms with E-state index in [0.29, 0.717) is 57.7 Å². The predicted octanol–water partition coefficient (Wildman–Crippen LogP) is 2.90. The Morgan fingerprint density at radius 1 is 1.00 bits per heavy atom. The lowest BCUT2D eigenvalue weighted by molar-refractivity contribution is -0.149. The summed E-state index contributed by atoms with van der Waals surface area (Å²) in [6.07, 6.45) is 3.94. The van der Waals surface area contributed by atoms with Crippen LogP contribution in [-0.2, 0) is 26.0 Å². The zero-order valence-electron chi connectivity index (χ0n) is 25.5. The third-order valence-corrected chi connectivity index (χ3v) is 8.70. The number of aliphatic hydroxyl groups excluding tert-OH is 1. The van der Waals surface area contributed by atoms with Gasteiger partial charge in [-0.3, -0.25) is 9.52 Å². The van der Waals surface area contributed by atoms with Gasteiger partial charge >= 0.3 is 12.0 Å². The number of ether oxygens (including phenoxy) is 1. The molecule has 44 heavy (non-hydrogen) atoms. The van der Waals surface area contributed by atoms with Gasteiger partial charge in [-0.05, 0) is 81.0 Å². The molecule has 4 rings (SSSR count). The number of carbonyl (C=O) groups is 2. The first-order valence-electron chi connectivity index (χ1n) is 15.3. The second kappa shape index (κ2) is 15.4. The van der Waals surface area contributed by atoms with Crippen molar-refractivity contribution in [1.82, 2.24) is 15.1 Å². The molecule has 0 spiro atoms. The minimum Gasteiger partial charge on any atom is -0.506 e. The number of piperidine rings is 2. The van der Waals surface area contributed by atoms with E-state index in [-0.39, 0.29) is 41.9 Å². The van der Waals surface area contributed by atoms with Crippen LogP contribution in [0, 0.1) is 5.92 Å². The highest BCUT2D eigenvalue weighted by Gasteiger charge is 2.31. The summed E-state index contributed by atoms with van der Waals surface area (Å²) in [7, 11) is -3.56. The van der Waals surface area contributed by atoms with E-state index < -0.39 is 16.1 Å². The number of rotatable bonds is 12. The van der Waals surface area contributed by atoms with Crippen LogP contribution in [0.3, 0.4) is 0 Å². The van der Waals surface area contributed by atoms with Crippen LogP contribution in [0.4, 0.5) is 16.2 Å². The molecule has 1 atom stereocenters. The molecule has 12 nitrogen and oxygen atoms in total. The zero-order chi connectivity index (χ0) is 31.7. The number of aliphatic hydroxyl groups is 1. The average Bonchev–Trinajstić information content (AvgIpc) is 3.00. The van der Waals surface area contributed by atoms with E-state index in [9.17, 15) is 28.2 Å². The van der Waals surface area contributed by atoms with Crippen LogP contribution in [0.5, 0.6) is 5.75 Å². The largest absolute Gasteiger partial charge is 0.506 e. The maximum Gasteiger partial charge on any atom is 0.320 e. The quantitative estimate of drug-likeness (QED) is 0.135. The van der Waals surface area contributed by atoms with Crippen LogP contribution in [-0.4, -0.2) is 98.6 Å². The van der Waals surface area contributed by atoms with E-state index in [1.54, 1.807) is 6.07 Å². The molecular formula is C31H45N5O7S. The van der Waals surface area contributed by atoms with Gasteiger partial charge in [-0.2, -0.15) is 0 Å². The molecule has 0 aliphatic carbocycles. The molecule has 2 fully saturated rings. The molecule has 242 valence electrons. The number of nitrogens with one attached hydrogen (secondary N) is 3. The molecule has 2 aliphatic rings. The average molecular weight is 632 g/mol. The van der Waals surface area contributed by atoms with Crippen molar-refractivity contribution in [3.05, 3.63) is 53.6 Å². The van der Waals surface area contributed by atoms with Crippen molar-refractivity contribution in [2.75, 3.05) is 62.2 Å². The van der Waals surface area contributed by atoms with Crippen molar-refractivity contribution in [3.63, 3.8) is 0 Å². The third kappa shape index (κ3) is 9.73. The lowest BCUT2D eigenvalue weighted by Gasteiger charge is -2.38. The molecule has 13 heteroatoms. The Morgan fingerprint density at radius 2 is 1.64 bits per heavy atom. The summed E-state index contributed by atoms with van der Waals surface area (Å²) in [4.78, 5) is 28.8. The number of esters is 1. The van der Waals surface area contributed by atoms with Crippen molar-refractivity contribution >= 4 is 33.4 Å². The monoisotopic (exact) mass is 631 g/mol. The van der Waals surface area contributed by atoms with E-state index in [2.05, 4.69) is 39.6 Å². The van der Waals surface area contributed by atoms with E-state index in [1.165, 1.54) is 12.1 Å². The Morgan fingerprint density at radius 3 is 2.25 bits per heavy atom. The lowest BCUT2D eigenvalue weighted by Crippen LogP contribution is -2.51. The number of nitrogens with zero attached hydrogens (tertiary/aromatic N) is 2. The molecule has 0 bridgehead atoms. The number of benzene rings is 2. The normalized spacial score (nSPS) is 17.2.